The van der Waals surface area contributed by atoms with Crippen LogP contribution in [-0.4, -0.2) is 38.5 Å². The van der Waals surface area contributed by atoms with Crippen LogP contribution in [-0.2, 0) is 4.84 Å². The van der Waals surface area contributed by atoms with Crippen molar-refractivity contribution in [3.05, 3.63) is 53.5 Å². The van der Waals surface area contributed by atoms with Gasteiger partial charge in [-0.25, -0.2) is 19.9 Å². The highest BCUT2D eigenvalue weighted by atomic mass is 16.7. The number of nitrogens with zero attached hydrogens (tertiary/aromatic N) is 6. The first-order valence-electron chi connectivity index (χ1n) is 7.26. The molecule has 1 N–H and O–H groups in total. The van der Waals surface area contributed by atoms with Crippen LogP contribution in [0.4, 0.5) is 0 Å². The first-order chi connectivity index (χ1) is 11.7. The Balaban J connectivity index is -0.000000124. The highest BCUT2D eigenvalue weighted by Crippen LogP contribution is 1.83. The summed E-state index contributed by atoms with van der Waals surface area (Å²) in [4.78, 5) is 27.3. The average molecular weight is 340 g/mol. The van der Waals surface area contributed by atoms with Gasteiger partial charge in [-0.1, -0.05) is 32.9 Å². The Bertz CT molecular complexity index is 489. The predicted molar refractivity (Wildman–Crippen MR) is 95.8 cm³/mol. The van der Waals surface area contributed by atoms with E-state index in [0.29, 0.717) is 5.69 Å². The highest BCUT2D eigenvalue weighted by molar-refractivity contribution is 5.75. The third kappa shape index (κ3) is 21.3. The molecule has 9 nitrogen and oxygen atoms in total. The van der Waals surface area contributed by atoms with Crippen LogP contribution in [0.25, 0.3) is 0 Å². The zero-order chi connectivity index (χ0) is 19.1. The van der Waals surface area contributed by atoms with Gasteiger partial charge in [-0.15, -0.1) is 4.91 Å². The van der Waals surface area contributed by atoms with E-state index in [-0.39, 0.29) is 1.43 Å². The molecule has 0 saturated heterocycles. The smallest absolute Gasteiger partial charge is 0.154 e. The summed E-state index contributed by atoms with van der Waals surface area (Å²) >= 11 is 0. The number of aryl methyl sites for hydroxylation is 1. The highest BCUT2D eigenvalue weighted by Gasteiger charge is 1.82. The van der Waals surface area contributed by atoms with E-state index >= 15 is 0 Å². The number of rotatable bonds is 2. The molecular weight excluding hydrogens is 312 g/mol. The van der Waals surface area contributed by atoms with Crippen molar-refractivity contribution in [1.82, 2.24) is 19.9 Å². The molecule has 0 aliphatic rings. The molecule has 0 radical (unpaired) electrons. The molecule has 0 saturated carbocycles. The Kier molecular flexibility index (Phi) is 27.0. The predicted octanol–water partition coefficient (Wildman–Crippen LogP) is 3.68. The van der Waals surface area contributed by atoms with Crippen LogP contribution in [0.15, 0.2) is 47.7 Å². The third-order valence-corrected chi connectivity index (χ3v) is 1.60. The van der Waals surface area contributed by atoms with Gasteiger partial charge >= 0.3 is 0 Å². The van der Waals surface area contributed by atoms with Crippen LogP contribution in [0.1, 0.15) is 40.5 Å². The quantitative estimate of drug-likeness (QED) is 0.383. The van der Waals surface area contributed by atoms with E-state index in [0.717, 1.165) is 5.69 Å². The molecule has 0 aliphatic carbocycles. The lowest BCUT2D eigenvalue weighted by Crippen LogP contribution is -1.85. The molecule has 0 fully saturated rings. The van der Waals surface area contributed by atoms with Gasteiger partial charge in [0.2, 0.25) is 0 Å². The van der Waals surface area contributed by atoms with E-state index in [2.05, 4.69) is 29.9 Å². The second-order valence-electron chi connectivity index (χ2n) is 2.99. The molecule has 9 heteroatoms. The van der Waals surface area contributed by atoms with Crippen LogP contribution < -0.4 is 0 Å². The largest absolute Gasteiger partial charge is 0.411 e. The number of hydrogen-bond donors (Lipinski definition) is 1. The third-order valence-electron chi connectivity index (χ3n) is 1.60. The second-order valence-corrected chi connectivity index (χ2v) is 2.99. The molecule has 136 valence electrons. The minimum atomic E-state index is 0. The minimum Gasteiger partial charge on any atom is -0.411 e. The van der Waals surface area contributed by atoms with E-state index in [9.17, 15) is 0 Å². The molecule has 0 unspecified atom stereocenters. The maximum absolute atomic E-state index is 8.70. The van der Waals surface area contributed by atoms with Gasteiger partial charge in [0.1, 0.15) is 19.8 Å². The zero-order valence-corrected chi connectivity index (χ0v) is 15.0. The Morgan fingerprint density at radius 3 is 1.83 bits per heavy atom. The normalized spacial score (nSPS) is 7.75. The fraction of sp³-hybridized carbons (Fsp3) is 0.400. The van der Waals surface area contributed by atoms with E-state index in [1.54, 1.807) is 18.5 Å². The van der Waals surface area contributed by atoms with Crippen molar-refractivity contribution in [2.24, 2.45) is 10.5 Å². The first kappa shape index (κ1) is 26.0. The lowest BCUT2D eigenvalue weighted by atomic mass is 10.4. The van der Waals surface area contributed by atoms with Crippen LogP contribution in [0.3, 0.4) is 0 Å². The van der Waals surface area contributed by atoms with Crippen molar-refractivity contribution in [2.75, 3.05) is 7.11 Å². The summed E-state index contributed by atoms with van der Waals surface area (Å²) in [5, 5.41) is 12.8. The topological polar surface area (TPSA) is 123 Å². The number of oxime groups is 1. The van der Waals surface area contributed by atoms with Gasteiger partial charge in [0.05, 0.1) is 11.9 Å². The molecule has 0 bridgehead atoms. The van der Waals surface area contributed by atoms with Gasteiger partial charge < -0.3 is 10.0 Å². The summed E-state index contributed by atoms with van der Waals surface area (Å²) in [5.74, 6) is 0. The van der Waals surface area contributed by atoms with E-state index in [4.69, 9.17) is 10.1 Å². The van der Waals surface area contributed by atoms with Crippen LogP contribution >= 0.6 is 0 Å². The molecule has 2 aromatic rings. The van der Waals surface area contributed by atoms with Gasteiger partial charge in [-0.2, -0.15) is 0 Å². The van der Waals surface area contributed by atoms with Gasteiger partial charge in [-0.05, 0) is 19.1 Å². The molecule has 2 rings (SSSR count). The fourth-order valence-electron chi connectivity index (χ4n) is 0.793. The fourth-order valence-corrected chi connectivity index (χ4v) is 0.793. The standard InChI is InChI=1S/C5H5N3O.C5H6N2.2C2H6.CH3NO2.H2/c9-8-3-5-1-2-6-4-7-5;1-5-2-3-6-4-7-5;2*1-2;1-4-2-3;/h1-4,9H;2-4H,1H3;2*1-2H3;1H3;1H/b8-3+;;;;;. The molecule has 0 atom stereocenters. The summed E-state index contributed by atoms with van der Waals surface area (Å²) in [6.07, 6.45) is 7.46. The van der Waals surface area contributed by atoms with Gasteiger partial charge in [0.25, 0.3) is 0 Å². The SMILES string of the molecule is CC.CC.CON=O.Cc1ccncn1.O/N=C/c1ccncn1.[HH]. The van der Waals surface area contributed by atoms with Crippen molar-refractivity contribution in [3.63, 3.8) is 0 Å². The van der Waals surface area contributed by atoms with Gasteiger partial charge in [0, 0.05) is 19.5 Å². The number of aromatic nitrogens is 4. The van der Waals surface area contributed by atoms with E-state index in [1.807, 2.05) is 46.0 Å². The molecule has 0 aromatic carbocycles. The van der Waals surface area contributed by atoms with Crippen LogP contribution in [0, 0.1) is 11.8 Å². The summed E-state index contributed by atoms with van der Waals surface area (Å²) in [7, 11) is 1.20. The lowest BCUT2D eigenvalue weighted by Gasteiger charge is -1.84. The van der Waals surface area contributed by atoms with Crippen molar-refractivity contribution in [3.8, 4) is 0 Å². The molecule has 2 aromatic heterocycles. The zero-order valence-electron chi connectivity index (χ0n) is 15.0. The molecule has 0 amide bonds. The molecule has 24 heavy (non-hydrogen) atoms. The monoisotopic (exact) mass is 340 g/mol. The molecular formula is C15H28N6O3. The molecule has 2 heterocycles. The summed E-state index contributed by atoms with van der Waals surface area (Å²) in [6.45, 7) is 9.93. The van der Waals surface area contributed by atoms with Crippen LogP contribution in [0.5, 0.6) is 0 Å². The lowest BCUT2D eigenvalue weighted by molar-refractivity contribution is 0.208. The Morgan fingerprint density at radius 2 is 1.58 bits per heavy atom. The maximum Gasteiger partial charge on any atom is 0.154 e. The van der Waals surface area contributed by atoms with Crippen molar-refractivity contribution >= 4 is 6.21 Å². The Hall–Kier alpha value is -2.97. The Labute approximate surface area is 144 Å². The summed E-state index contributed by atoms with van der Waals surface area (Å²) in [5.41, 5.74) is 1.60. The van der Waals surface area contributed by atoms with Gasteiger partial charge in [-0.3, -0.25) is 0 Å². The summed E-state index contributed by atoms with van der Waals surface area (Å²) < 4.78 is 0. The van der Waals surface area contributed by atoms with E-state index < -0.39 is 0 Å². The van der Waals surface area contributed by atoms with Crippen molar-refractivity contribution < 1.29 is 11.5 Å². The van der Waals surface area contributed by atoms with E-state index in [1.165, 1.54) is 26.0 Å². The minimum absolute atomic E-state index is 0. The van der Waals surface area contributed by atoms with Gasteiger partial charge in [0.15, 0.2) is 5.34 Å². The molecule has 0 spiro atoms. The molecule has 0 aliphatic heterocycles. The van der Waals surface area contributed by atoms with Crippen LogP contribution in [0.2, 0.25) is 0 Å². The van der Waals surface area contributed by atoms with Crippen molar-refractivity contribution in [2.45, 2.75) is 34.6 Å². The summed E-state index contributed by atoms with van der Waals surface area (Å²) in [6, 6.07) is 3.50. The average Bonchev–Trinajstić information content (AvgIpc) is 2.67. The van der Waals surface area contributed by atoms with Crippen molar-refractivity contribution in [1.29, 1.82) is 0 Å². The Morgan fingerprint density at radius 1 is 1.08 bits per heavy atom. The maximum atomic E-state index is 8.70. The second kappa shape index (κ2) is 25.0. The number of hydrogen-bond acceptors (Lipinski definition) is 9. The first-order valence-corrected chi connectivity index (χ1v) is 7.26.